The fourth-order valence-electron chi connectivity index (χ4n) is 5.16. The lowest BCUT2D eigenvalue weighted by Crippen LogP contribution is -2.43. The van der Waals surface area contributed by atoms with Gasteiger partial charge in [0, 0.05) is 35.8 Å². The summed E-state index contributed by atoms with van der Waals surface area (Å²) in [5.41, 5.74) is 7.10. The Labute approximate surface area is 225 Å². The lowest BCUT2D eigenvalue weighted by Gasteiger charge is -2.38. The zero-order chi connectivity index (χ0) is 25.5. The topological polar surface area (TPSA) is 88.9 Å². The van der Waals surface area contributed by atoms with Crippen LogP contribution in [0.3, 0.4) is 0 Å². The van der Waals surface area contributed by atoms with E-state index in [2.05, 4.69) is 39.9 Å². The molecule has 37 heavy (non-hydrogen) atoms. The molecule has 3 atom stereocenters. The highest BCUT2D eigenvalue weighted by atomic mass is 35.5. The molecule has 0 spiro atoms. The predicted molar refractivity (Wildman–Crippen MR) is 140 cm³/mol. The number of anilines is 1. The van der Waals surface area contributed by atoms with Crippen LogP contribution in [0.1, 0.15) is 55.2 Å². The number of carbonyl (C=O) groups is 1. The summed E-state index contributed by atoms with van der Waals surface area (Å²) in [7, 11) is 0. The molecule has 2 aromatic carbocycles. The van der Waals surface area contributed by atoms with Gasteiger partial charge in [-0.25, -0.2) is 4.79 Å². The fourth-order valence-corrected chi connectivity index (χ4v) is 5.74. The Morgan fingerprint density at radius 3 is 2.51 bits per heavy atom. The van der Waals surface area contributed by atoms with Gasteiger partial charge in [-0.3, -0.25) is 5.32 Å². The summed E-state index contributed by atoms with van der Waals surface area (Å²) < 4.78 is 12.3. The van der Waals surface area contributed by atoms with E-state index in [4.69, 9.17) is 37.3 Å². The fraction of sp³-hybridized carbons (Fsp3) is 0.407. The number of carbonyl (C=O) groups excluding carboxylic acids is 1. The second-order valence-electron chi connectivity index (χ2n) is 9.98. The average Bonchev–Trinajstić information content (AvgIpc) is 3.51. The molecule has 6 rings (SSSR count). The molecular weight excluding hydrogens is 515 g/mol. The summed E-state index contributed by atoms with van der Waals surface area (Å²) in [4.78, 5) is 18.4. The van der Waals surface area contributed by atoms with Gasteiger partial charge < -0.3 is 19.0 Å². The first-order valence-corrected chi connectivity index (χ1v) is 13.4. The molecule has 3 fully saturated rings. The van der Waals surface area contributed by atoms with Gasteiger partial charge >= 0.3 is 6.09 Å². The number of halogens is 2. The average molecular weight is 543 g/mol. The van der Waals surface area contributed by atoms with E-state index in [1.165, 1.54) is 0 Å². The van der Waals surface area contributed by atoms with Crippen LogP contribution in [0.4, 0.5) is 10.5 Å². The zero-order valence-electron chi connectivity index (χ0n) is 20.4. The standard InChI is InChI=1S/C27H28Cl2N4O4/c1-15-13-33(18-9-7-17(8-10-18)26-30-27(34)37-32-26)12-11-22(15)35-14-19-24(31-36-25(19)16-5-6-16)23-20(28)3-2-4-21(23)29/h2-4,7-10,15-16,22,26,32H,5-6,11-14H2,1H3,(H,30,34)/t15-,22+,26?/m0/s1. The summed E-state index contributed by atoms with van der Waals surface area (Å²) in [5.74, 6) is 1.62. The van der Waals surface area contributed by atoms with Crippen molar-refractivity contribution in [2.75, 3.05) is 18.0 Å². The molecule has 3 aromatic rings. The van der Waals surface area contributed by atoms with E-state index >= 15 is 0 Å². The number of hydroxylamine groups is 1. The van der Waals surface area contributed by atoms with Gasteiger partial charge in [0.1, 0.15) is 17.6 Å². The van der Waals surface area contributed by atoms with Gasteiger partial charge in [-0.05, 0) is 55.0 Å². The number of nitrogens with zero attached hydrogens (tertiary/aromatic N) is 2. The summed E-state index contributed by atoms with van der Waals surface area (Å²) in [6, 6.07) is 13.6. The van der Waals surface area contributed by atoms with Gasteiger partial charge in [-0.1, -0.05) is 53.5 Å². The van der Waals surface area contributed by atoms with Crippen LogP contribution in [0.5, 0.6) is 0 Å². The van der Waals surface area contributed by atoms with E-state index in [1.54, 1.807) is 0 Å². The lowest BCUT2D eigenvalue weighted by atomic mass is 9.95. The van der Waals surface area contributed by atoms with Crippen molar-refractivity contribution < 1.29 is 18.9 Å². The van der Waals surface area contributed by atoms with Crippen molar-refractivity contribution in [1.82, 2.24) is 16.0 Å². The second kappa shape index (κ2) is 10.2. The normalized spacial score (nSPS) is 23.7. The van der Waals surface area contributed by atoms with Crippen LogP contribution in [0, 0.1) is 5.92 Å². The quantitative estimate of drug-likeness (QED) is 0.367. The van der Waals surface area contributed by atoms with Crippen molar-refractivity contribution in [1.29, 1.82) is 0 Å². The summed E-state index contributed by atoms with van der Waals surface area (Å²) in [6.45, 7) is 4.41. The second-order valence-corrected chi connectivity index (χ2v) is 10.8. The maximum atomic E-state index is 11.3. The van der Waals surface area contributed by atoms with Crippen LogP contribution in [-0.4, -0.2) is 30.4 Å². The smallest absolute Gasteiger partial charge is 0.373 e. The van der Waals surface area contributed by atoms with E-state index < -0.39 is 6.09 Å². The largest absolute Gasteiger partial charge is 0.427 e. The van der Waals surface area contributed by atoms with Crippen molar-refractivity contribution in [2.24, 2.45) is 5.92 Å². The number of hydrogen-bond acceptors (Lipinski definition) is 7. The molecule has 2 N–H and O–H groups in total. The van der Waals surface area contributed by atoms with Crippen LogP contribution in [0.2, 0.25) is 10.0 Å². The molecule has 10 heteroatoms. The van der Waals surface area contributed by atoms with Crippen molar-refractivity contribution in [3.05, 3.63) is 69.4 Å². The van der Waals surface area contributed by atoms with E-state index in [9.17, 15) is 4.79 Å². The zero-order valence-corrected chi connectivity index (χ0v) is 21.9. The molecule has 1 saturated carbocycles. The number of aromatic nitrogens is 1. The molecule has 194 valence electrons. The maximum Gasteiger partial charge on any atom is 0.427 e. The maximum absolute atomic E-state index is 11.3. The van der Waals surface area contributed by atoms with Gasteiger partial charge in [-0.15, -0.1) is 5.48 Å². The first kappa shape index (κ1) is 24.6. The third kappa shape index (κ3) is 5.03. The van der Waals surface area contributed by atoms with E-state index in [0.29, 0.717) is 39.7 Å². The molecule has 0 radical (unpaired) electrons. The number of hydrogen-bond donors (Lipinski definition) is 2. The van der Waals surface area contributed by atoms with Crippen molar-refractivity contribution >= 4 is 35.0 Å². The molecule has 0 bridgehead atoms. The first-order valence-electron chi connectivity index (χ1n) is 12.6. The SMILES string of the molecule is C[C@H]1CN(c2ccc(C3NOC(=O)N3)cc2)CC[C@H]1OCc1c(-c2c(Cl)cccc2Cl)noc1C1CC1. The number of ether oxygens (including phenoxy) is 1. The molecule has 1 amide bonds. The van der Waals surface area contributed by atoms with Gasteiger partial charge in [-0.2, -0.15) is 0 Å². The number of benzene rings is 2. The van der Waals surface area contributed by atoms with Crippen molar-refractivity contribution in [2.45, 2.75) is 51.0 Å². The third-order valence-corrected chi connectivity index (χ3v) is 7.99. The Kier molecular flexibility index (Phi) is 6.75. The molecule has 3 aliphatic rings. The summed E-state index contributed by atoms with van der Waals surface area (Å²) >= 11 is 13.0. The van der Waals surface area contributed by atoms with Gasteiger partial charge in [0.15, 0.2) is 0 Å². The first-order chi connectivity index (χ1) is 18.0. The highest BCUT2D eigenvalue weighted by Crippen LogP contribution is 2.46. The lowest BCUT2D eigenvalue weighted by molar-refractivity contribution is -0.00534. The molecule has 8 nitrogen and oxygen atoms in total. The van der Waals surface area contributed by atoms with Gasteiger partial charge in [0.25, 0.3) is 0 Å². The number of rotatable bonds is 7. The Morgan fingerprint density at radius 1 is 1.11 bits per heavy atom. The third-order valence-electron chi connectivity index (χ3n) is 7.36. The Morgan fingerprint density at radius 2 is 1.86 bits per heavy atom. The molecule has 1 aliphatic carbocycles. The van der Waals surface area contributed by atoms with Crippen LogP contribution in [0.15, 0.2) is 47.0 Å². The van der Waals surface area contributed by atoms with E-state index in [1.807, 2.05) is 30.3 Å². The molecule has 1 unspecified atom stereocenters. The van der Waals surface area contributed by atoms with E-state index in [-0.39, 0.29) is 12.3 Å². The molecular formula is C27H28Cl2N4O4. The molecule has 1 aromatic heterocycles. The minimum Gasteiger partial charge on any atom is -0.373 e. The van der Waals surface area contributed by atoms with E-state index in [0.717, 1.165) is 54.9 Å². The van der Waals surface area contributed by atoms with Gasteiger partial charge in [0.05, 0.1) is 22.8 Å². The highest BCUT2D eigenvalue weighted by molar-refractivity contribution is 6.39. The summed E-state index contributed by atoms with van der Waals surface area (Å²) in [5, 5.41) is 8.19. The van der Waals surface area contributed by atoms with Crippen LogP contribution < -0.4 is 15.7 Å². The molecule has 2 aliphatic heterocycles. The Bertz CT molecular complexity index is 1270. The Hall–Kier alpha value is -2.78. The number of nitrogens with one attached hydrogen (secondary N) is 2. The summed E-state index contributed by atoms with van der Waals surface area (Å²) in [6.07, 6.45) is 2.42. The van der Waals surface area contributed by atoms with Crippen LogP contribution in [0.25, 0.3) is 11.3 Å². The predicted octanol–water partition coefficient (Wildman–Crippen LogP) is 6.20. The van der Waals surface area contributed by atoms with Crippen LogP contribution >= 0.6 is 23.2 Å². The van der Waals surface area contributed by atoms with Crippen molar-refractivity contribution in [3.8, 4) is 11.3 Å². The number of piperidine rings is 1. The Balaban J connectivity index is 1.12. The van der Waals surface area contributed by atoms with Crippen LogP contribution in [-0.2, 0) is 16.2 Å². The molecule has 2 saturated heterocycles. The van der Waals surface area contributed by atoms with Crippen molar-refractivity contribution in [3.63, 3.8) is 0 Å². The molecule has 3 heterocycles. The minimum absolute atomic E-state index is 0.113. The highest BCUT2D eigenvalue weighted by Gasteiger charge is 2.35. The minimum atomic E-state index is -0.470. The monoisotopic (exact) mass is 542 g/mol. The number of amides is 1. The van der Waals surface area contributed by atoms with Gasteiger partial charge in [0.2, 0.25) is 0 Å².